The first-order chi connectivity index (χ1) is 13.2. The van der Waals surface area contributed by atoms with Crippen LogP contribution in [0.4, 0.5) is 4.79 Å². The van der Waals surface area contributed by atoms with Gasteiger partial charge in [-0.1, -0.05) is 54.6 Å². The lowest BCUT2D eigenvalue weighted by Crippen LogP contribution is -2.41. The highest BCUT2D eigenvalue weighted by atomic mass is 16.4. The monoisotopic (exact) mass is 359 g/mol. The zero-order valence-electron chi connectivity index (χ0n) is 14.5. The highest BCUT2D eigenvalue weighted by Gasteiger charge is 2.55. The van der Waals surface area contributed by atoms with E-state index in [2.05, 4.69) is 10.3 Å². The number of carbonyl (C=O) groups is 2. The molecule has 134 valence electrons. The number of rotatable bonds is 3. The van der Waals surface area contributed by atoms with E-state index in [0.29, 0.717) is 18.1 Å². The normalized spacial score (nSPS) is 21.0. The number of fused-ring (bicyclic) bond motifs is 2. The van der Waals surface area contributed by atoms with Gasteiger partial charge in [0.2, 0.25) is 5.89 Å². The fraction of sp³-hybridized carbons (Fsp3) is 0.190. The van der Waals surface area contributed by atoms with Gasteiger partial charge in [0.1, 0.15) is 12.1 Å². The molecule has 1 aliphatic carbocycles. The standard InChI is InChI=1S/C21H17N3O3/c25-19-21(11-10-14-6-4-5-9-16(14)21)23-20(26)24(19)13-18-22-12-17(27-18)15-7-2-1-3-8-15/h1-9,12H,10-11,13H2,(H,23,26)/t21-/m0/s1. The average Bonchev–Trinajstić information content (AvgIpc) is 3.38. The fourth-order valence-electron chi connectivity index (χ4n) is 3.99. The van der Waals surface area contributed by atoms with Gasteiger partial charge in [-0.15, -0.1) is 0 Å². The molecule has 1 aliphatic heterocycles. The molecule has 6 heteroatoms. The molecule has 3 amide bonds. The van der Waals surface area contributed by atoms with Gasteiger partial charge in [0.05, 0.1) is 6.20 Å². The van der Waals surface area contributed by atoms with Gasteiger partial charge in [-0.3, -0.25) is 9.69 Å². The van der Waals surface area contributed by atoms with Crippen molar-refractivity contribution in [3.05, 3.63) is 77.8 Å². The van der Waals surface area contributed by atoms with Crippen LogP contribution in [0.2, 0.25) is 0 Å². The lowest BCUT2D eigenvalue weighted by Gasteiger charge is -2.22. The number of nitrogens with one attached hydrogen (secondary N) is 1. The minimum absolute atomic E-state index is 0.0153. The Hall–Kier alpha value is -3.41. The molecule has 1 atom stereocenters. The molecule has 5 rings (SSSR count). The van der Waals surface area contributed by atoms with Gasteiger partial charge < -0.3 is 9.73 Å². The van der Waals surface area contributed by atoms with Crippen molar-refractivity contribution in [2.75, 3.05) is 0 Å². The third-order valence-electron chi connectivity index (χ3n) is 5.33. The van der Waals surface area contributed by atoms with Gasteiger partial charge in [0.15, 0.2) is 5.76 Å². The van der Waals surface area contributed by atoms with E-state index in [9.17, 15) is 9.59 Å². The lowest BCUT2D eigenvalue weighted by atomic mass is 9.92. The van der Waals surface area contributed by atoms with E-state index in [1.807, 2.05) is 54.6 Å². The summed E-state index contributed by atoms with van der Waals surface area (Å²) in [7, 11) is 0. The molecule has 1 aromatic heterocycles. The van der Waals surface area contributed by atoms with Crippen molar-refractivity contribution in [1.29, 1.82) is 0 Å². The third-order valence-corrected chi connectivity index (χ3v) is 5.33. The number of aromatic nitrogens is 1. The Bertz CT molecular complexity index is 1040. The van der Waals surface area contributed by atoms with E-state index in [0.717, 1.165) is 23.1 Å². The summed E-state index contributed by atoms with van der Waals surface area (Å²) in [5.74, 6) is 0.705. The van der Waals surface area contributed by atoms with E-state index in [1.165, 1.54) is 4.90 Å². The second-order valence-corrected chi connectivity index (χ2v) is 6.87. The van der Waals surface area contributed by atoms with Crippen LogP contribution < -0.4 is 5.32 Å². The van der Waals surface area contributed by atoms with E-state index in [-0.39, 0.29) is 12.5 Å². The molecule has 2 aliphatic rings. The van der Waals surface area contributed by atoms with Gasteiger partial charge >= 0.3 is 6.03 Å². The van der Waals surface area contributed by atoms with Crippen LogP contribution in [0.15, 0.2) is 65.2 Å². The number of carbonyl (C=O) groups excluding carboxylic acids is 2. The maximum atomic E-state index is 13.2. The molecule has 1 saturated heterocycles. The molecular weight excluding hydrogens is 342 g/mol. The number of urea groups is 1. The zero-order chi connectivity index (χ0) is 18.4. The molecule has 27 heavy (non-hydrogen) atoms. The van der Waals surface area contributed by atoms with Crippen LogP contribution in [-0.4, -0.2) is 21.8 Å². The number of benzene rings is 2. The van der Waals surface area contributed by atoms with Gasteiger partial charge in [-0.2, -0.15) is 0 Å². The first-order valence-corrected chi connectivity index (χ1v) is 8.90. The molecule has 1 N–H and O–H groups in total. The molecule has 0 unspecified atom stereocenters. The fourth-order valence-corrected chi connectivity index (χ4v) is 3.99. The summed E-state index contributed by atoms with van der Waals surface area (Å²) in [6.07, 6.45) is 2.96. The summed E-state index contributed by atoms with van der Waals surface area (Å²) >= 11 is 0. The highest BCUT2D eigenvalue weighted by Crippen LogP contribution is 2.41. The van der Waals surface area contributed by atoms with Crippen LogP contribution >= 0.6 is 0 Å². The maximum absolute atomic E-state index is 13.2. The van der Waals surface area contributed by atoms with Crippen LogP contribution in [0, 0.1) is 0 Å². The van der Waals surface area contributed by atoms with Crippen LogP contribution in [0.1, 0.15) is 23.4 Å². The van der Waals surface area contributed by atoms with Crippen LogP contribution in [0.3, 0.4) is 0 Å². The van der Waals surface area contributed by atoms with Crippen molar-refractivity contribution in [1.82, 2.24) is 15.2 Å². The lowest BCUT2D eigenvalue weighted by molar-refractivity contribution is -0.132. The Labute approximate surface area is 155 Å². The number of amides is 3. The molecule has 0 bridgehead atoms. The Morgan fingerprint density at radius 1 is 1.07 bits per heavy atom. The van der Waals surface area contributed by atoms with Gasteiger partial charge in [0, 0.05) is 5.56 Å². The van der Waals surface area contributed by atoms with Crippen LogP contribution in [0.5, 0.6) is 0 Å². The number of oxazole rings is 1. The molecule has 3 aromatic rings. The number of aryl methyl sites for hydroxylation is 1. The smallest absolute Gasteiger partial charge is 0.325 e. The molecule has 2 aromatic carbocycles. The van der Waals surface area contributed by atoms with Crippen molar-refractivity contribution in [3.8, 4) is 11.3 Å². The SMILES string of the molecule is O=C1N[C@]2(CCc3ccccc32)C(=O)N1Cc1ncc(-c2ccccc2)o1. The Morgan fingerprint density at radius 2 is 1.85 bits per heavy atom. The molecule has 0 saturated carbocycles. The molecule has 6 nitrogen and oxygen atoms in total. The van der Waals surface area contributed by atoms with Crippen molar-refractivity contribution in [3.63, 3.8) is 0 Å². The molecular formula is C21H17N3O3. The van der Waals surface area contributed by atoms with E-state index < -0.39 is 11.6 Å². The van der Waals surface area contributed by atoms with E-state index in [1.54, 1.807) is 6.20 Å². The highest BCUT2D eigenvalue weighted by molar-refractivity contribution is 6.08. The summed E-state index contributed by atoms with van der Waals surface area (Å²) in [4.78, 5) is 31.2. The molecule has 2 heterocycles. The number of nitrogens with zero attached hydrogens (tertiary/aromatic N) is 2. The topological polar surface area (TPSA) is 75.4 Å². The van der Waals surface area contributed by atoms with Gasteiger partial charge in [-0.25, -0.2) is 9.78 Å². The number of imide groups is 1. The zero-order valence-corrected chi connectivity index (χ0v) is 14.5. The summed E-state index contributed by atoms with van der Waals surface area (Å²) in [6.45, 7) is 0.0153. The van der Waals surface area contributed by atoms with Crippen molar-refractivity contribution in [2.24, 2.45) is 0 Å². The van der Waals surface area contributed by atoms with Gasteiger partial charge in [0.25, 0.3) is 5.91 Å². The second kappa shape index (κ2) is 5.81. The summed E-state index contributed by atoms with van der Waals surface area (Å²) in [6, 6.07) is 17.0. The summed E-state index contributed by atoms with van der Waals surface area (Å²) < 4.78 is 5.76. The van der Waals surface area contributed by atoms with Crippen molar-refractivity contribution >= 4 is 11.9 Å². The van der Waals surface area contributed by atoms with E-state index >= 15 is 0 Å². The number of hydrogen-bond donors (Lipinski definition) is 1. The van der Waals surface area contributed by atoms with E-state index in [4.69, 9.17) is 4.42 Å². The first-order valence-electron chi connectivity index (χ1n) is 8.90. The maximum Gasteiger partial charge on any atom is 0.325 e. The molecule has 0 radical (unpaired) electrons. The molecule has 1 fully saturated rings. The molecule has 1 spiro atoms. The average molecular weight is 359 g/mol. The Kier molecular flexibility index (Phi) is 3.40. The van der Waals surface area contributed by atoms with Crippen molar-refractivity contribution < 1.29 is 14.0 Å². The quantitative estimate of drug-likeness (QED) is 0.729. The summed E-state index contributed by atoms with van der Waals surface area (Å²) in [5.41, 5.74) is 1.94. The predicted molar refractivity (Wildman–Crippen MR) is 97.5 cm³/mol. The van der Waals surface area contributed by atoms with Crippen LogP contribution in [0.25, 0.3) is 11.3 Å². The largest absolute Gasteiger partial charge is 0.439 e. The third kappa shape index (κ3) is 2.37. The van der Waals surface area contributed by atoms with Crippen molar-refractivity contribution in [2.45, 2.75) is 24.9 Å². The predicted octanol–water partition coefficient (Wildman–Crippen LogP) is 3.24. The first kappa shape index (κ1) is 15.8. The second-order valence-electron chi connectivity index (χ2n) is 6.87. The Balaban J connectivity index is 1.42. The minimum Gasteiger partial charge on any atom is -0.439 e. The van der Waals surface area contributed by atoms with Gasteiger partial charge in [-0.05, 0) is 24.0 Å². The summed E-state index contributed by atoms with van der Waals surface area (Å²) in [5, 5.41) is 2.91. The minimum atomic E-state index is -0.956. The van der Waals surface area contributed by atoms with Crippen LogP contribution in [-0.2, 0) is 23.3 Å². The number of hydrogen-bond acceptors (Lipinski definition) is 4. The Morgan fingerprint density at radius 3 is 2.70 bits per heavy atom.